The highest BCUT2D eigenvalue weighted by atomic mass is 16.5. The summed E-state index contributed by atoms with van der Waals surface area (Å²) >= 11 is 0. The van der Waals surface area contributed by atoms with Crippen molar-refractivity contribution in [1.29, 1.82) is 0 Å². The number of hydrogen-bond donors (Lipinski definition) is 1. The van der Waals surface area contributed by atoms with Crippen molar-refractivity contribution in [3.05, 3.63) is 23.8 Å². The van der Waals surface area contributed by atoms with E-state index < -0.39 is 12.4 Å². The maximum Gasteiger partial charge on any atom is 0.268 e. The maximum atomic E-state index is 11.1. The van der Waals surface area contributed by atoms with E-state index in [9.17, 15) is 4.79 Å². The maximum absolute atomic E-state index is 11.1. The minimum atomic E-state index is -1.86. The zero-order valence-electron chi connectivity index (χ0n) is 11.9. The number of nitrogens with zero attached hydrogens (tertiary/aromatic N) is 2. The highest BCUT2D eigenvalue weighted by Gasteiger charge is 2.13. The molecular weight excluding hydrogens is 194 g/mol. The van der Waals surface area contributed by atoms with Crippen LogP contribution in [0, 0.1) is 6.07 Å². The molecule has 15 heavy (non-hydrogen) atoms. The summed E-state index contributed by atoms with van der Waals surface area (Å²) in [6, 6.07) is 1.65. The number of primary amides is 1. The van der Waals surface area contributed by atoms with Crippen molar-refractivity contribution in [2.75, 3.05) is 31.2 Å². The van der Waals surface area contributed by atoms with Crippen molar-refractivity contribution in [2.45, 2.75) is 0 Å². The summed E-state index contributed by atoms with van der Waals surface area (Å²) in [5.74, 6) is -0.963. The van der Waals surface area contributed by atoms with E-state index in [2.05, 4.69) is 11.1 Å². The molecule has 2 rings (SSSR count). The van der Waals surface area contributed by atoms with E-state index in [0.29, 0.717) is 0 Å². The first-order valence-electron chi connectivity index (χ1n) is 6.38. The van der Waals surface area contributed by atoms with Crippen LogP contribution in [0.4, 0.5) is 5.82 Å². The third kappa shape index (κ3) is 2.24. The number of carbonyl (C=O) groups excluding carboxylic acids is 1. The van der Waals surface area contributed by atoms with Gasteiger partial charge in [0.25, 0.3) is 5.91 Å². The van der Waals surface area contributed by atoms with Crippen LogP contribution in [-0.2, 0) is 4.74 Å². The molecule has 0 atom stereocenters. The molecule has 1 fully saturated rings. The van der Waals surface area contributed by atoms with Crippen molar-refractivity contribution in [1.82, 2.24) is 4.98 Å². The molecule has 5 heteroatoms. The standard InChI is InChI=1S/C10H12N3O2/c11-10(14)8-2-1-3-9(12-8)13-4-6-15-7-5-13/h1,3H,4-7H2,(H2,11,14)/i1D,3D,4D2. The van der Waals surface area contributed by atoms with Gasteiger partial charge in [-0.1, -0.05) is 0 Å². The van der Waals surface area contributed by atoms with Gasteiger partial charge in [0.05, 0.1) is 18.7 Å². The molecule has 1 aromatic heterocycles. The van der Waals surface area contributed by atoms with Gasteiger partial charge in [0, 0.05) is 19.1 Å². The average Bonchev–Trinajstić information content (AvgIpc) is 2.32. The van der Waals surface area contributed by atoms with Gasteiger partial charge in [0.15, 0.2) is 0 Å². The second-order valence-electron chi connectivity index (χ2n) is 2.89. The van der Waals surface area contributed by atoms with Gasteiger partial charge in [-0.05, 0) is 12.1 Å². The largest absolute Gasteiger partial charge is 0.378 e. The number of morpholine rings is 1. The van der Waals surface area contributed by atoms with Crippen LogP contribution < -0.4 is 10.6 Å². The Morgan fingerprint density at radius 1 is 1.80 bits per heavy atom. The minimum Gasteiger partial charge on any atom is -0.378 e. The normalized spacial score (nSPS) is 23.6. The molecule has 0 spiro atoms. The molecule has 1 amide bonds. The molecule has 0 aromatic carbocycles. The molecule has 0 bridgehead atoms. The number of rotatable bonds is 2. The second kappa shape index (κ2) is 4.27. The smallest absolute Gasteiger partial charge is 0.268 e. The quantitative estimate of drug-likeness (QED) is 0.735. The average molecular weight is 210 g/mol. The van der Waals surface area contributed by atoms with Crippen LogP contribution in [0.15, 0.2) is 12.1 Å². The lowest BCUT2D eigenvalue weighted by Crippen LogP contribution is -2.37. The lowest BCUT2D eigenvalue weighted by molar-refractivity contribution is 0.0995. The van der Waals surface area contributed by atoms with E-state index in [0.717, 1.165) is 0 Å². The summed E-state index contributed by atoms with van der Waals surface area (Å²) < 4.78 is 36.0. The van der Waals surface area contributed by atoms with Crippen LogP contribution >= 0.6 is 0 Å². The summed E-state index contributed by atoms with van der Waals surface area (Å²) in [5, 5.41) is 0. The zero-order chi connectivity index (χ0) is 14.2. The third-order valence-electron chi connectivity index (χ3n) is 1.88. The molecule has 2 heterocycles. The topological polar surface area (TPSA) is 68.5 Å². The van der Waals surface area contributed by atoms with Gasteiger partial charge in [-0.3, -0.25) is 4.79 Å². The van der Waals surface area contributed by atoms with E-state index in [4.69, 9.17) is 16.0 Å². The van der Waals surface area contributed by atoms with Crippen LogP contribution in [0.3, 0.4) is 0 Å². The highest BCUT2D eigenvalue weighted by Crippen LogP contribution is 2.12. The lowest BCUT2D eigenvalue weighted by atomic mass is 10.3. The van der Waals surface area contributed by atoms with Gasteiger partial charge in [0.1, 0.15) is 11.5 Å². The van der Waals surface area contributed by atoms with Gasteiger partial charge in [-0.2, -0.15) is 0 Å². The number of pyridine rings is 1. The summed E-state index contributed by atoms with van der Waals surface area (Å²) in [6.45, 7) is -1.58. The van der Waals surface area contributed by atoms with Crippen molar-refractivity contribution < 1.29 is 15.0 Å². The summed E-state index contributed by atoms with van der Waals surface area (Å²) in [7, 11) is 0. The van der Waals surface area contributed by atoms with Crippen LogP contribution in [0.5, 0.6) is 0 Å². The molecule has 5 nitrogen and oxygen atoms in total. The minimum absolute atomic E-state index is 0.0918. The van der Waals surface area contributed by atoms with Crippen molar-refractivity contribution in [3.63, 3.8) is 0 Å². The molecule has 1 aliphatic rings. The van der Waals surface area contributed by atoms with E-state index in [1.807, 2.05) is 0 Å². The number of aromatic nitrogens is 1. The third-order valence-corrected chi connectivity index (χ3v) is 1.88. The number of hydrogen-bond acceptors (Lipinski definition) is 4. The predicted octanol–water partition coefficient (Wildman–Crippen LogP) is -0.183. The van der Waals surface area contributed by atoms with Crippen molar-refractivity contribution in [3.8, 4) is 0 Å². The number of anilines is 1. The van der Waals surface area contributed by atoms with Gasteiger partial charge in [-0.15, -0.1) is 0 Å². The monoisotopic (exact) mass is 210 g/mol. The Hall–Kier alpha value is -1.62. The van der Waals surface area contributed by atoms with E-state index in [1.54, 1.807) is 0 Å². The summed E-state index contributed by atoms with van der Waals surface area (Å²) in [5.41, 5.74) is 4.81. The van der Waals surface area contributed by atoms with Crippen molar-refractivity contribution in [2.24, 2.45) is 5.73 Å². The highest BCUT2D eigenvalue weighted by molar-refractivity contribution is 5.90. The number of ether oxygens (including phenoxy) is 1. The molecular formula is C10H12N3O2. The molecule has 79 valence electrons. The van der Waals surface area contributed by atoms with Crippen LogP contribution in [-0.4, -0.2) is 37.1 Å². The molecule has 0 saturated carbocycles. The summed E-state index contributed by atoms with van der Waals surface area (Å²) in [4.78, 5) is 16.2. The molecule has 1 aromatic rings. The molecule has 2 N–H and O–H groups in total. The Labute approximate surface area is 93.5 Å². The first-order valence-corrected chi connectivity index (χ1v) is 4.38. The summed E-state index contributed by atoms with van der Waals surface area (Å²) in [6.07, 6.45) is 0. The fraction of sp³-hybridized carbons (Fsp3) is 0.400. The van der Waals surface area contributed by atoms with E-state index in [1.165, 1.54) is 4.90 Å². The van der Waals surface area contributed by atoms with Crippen LogP contribution in [0.2, 0.25) is 0 Å². The van der Waals surface area contributed by atoms with E-state index >= 15 is 0 Å². The second-order valence-corrected chi connectivity index (χ2v) is 2.89. The first kappa shape index (κ1) is 6.07. The van der Waals surface area contributed by atoms with Crippen LogP contribution in [0.25, 0.3) is 0 Å². The first-order chi connectivity index (χ1) is 8.83. The molecule has 1 aliphatic heterocycles. The Balaban J connectivity index is 2.51. The van der Waals surface area contributed by atoms with Gasteiger partial charge in [0.2, 0.25) is 0 Å². The molecule has 1 saturated heterocycles. The van der Waals surface area contributed by atoms with E-state index in [-0.39, 0.29) is 43.4 Å². The Morgan fingerprint density at radius 2 is 2.67 bits per heavy atom. The predicted molar refractivity (Wildman–Crippen MR) is 54.6 cm³/mol. The number of carbonyl (C=O) groups is 1. The van der Waals surface area contributed by atoms with Gasteiger partial charge < -0.3 is 15.4 Å². The SMILES string of the molecule is [2H]c1[c]c(C(N)=O)nc(N2CCOCC2([2H])[2H])c1[2H]. The Kier molecular flexibility index (Phi) is 1.73. The lowest BCUT2D eigenvalue weighted by Gasteiger charge is -2.27. The van der Waals surface area contributed by atoms with Crippen LogP contribution in [0.1, 0.15) is 16.0 Å². The Bertz CT molecular complexity index is 524. The van der Waals surface area contributed by atoms with Gasteiger partial charge >= 0.3 is 0 Å². The van der Waals surface area contributed by atoms with Crippen molar-refractivity contribution >= 4 is 11.7 Å². The zero-order valence-corrected chi connectivity index (χ0v) is 7.91. The fourth-order valence-corrected chi connectivity index (χ4v) is 1.16. The molecule has 0 unspecified atom stereocenters. The number of nitrogens with two attached hydrogens (primary N) is 1. The number of amides is 1. The van der Waals surface area contributed by atoms with Gasteiger partial charge in [-0.25, -0.2) is 4.98 Å². The molecule has 1 radical (unpaired) electrons. The Morgan fingerprint density at radius 3 is 3.40 bits per heavy atom. The molecule has 0 aliphatic carbocycles. The fourth-order valence-electron chi connectivity index (χ4n) is 1.16.